The summed E-state index contributed by atoms with van der Waals surface area (Å²) < 4.78 is 5.31. The van der Waals surface area contributed by atoms with E-state index < -0.39 is 0 Å². The molecule has 0 aromatic heterocycles. The van der Waals surface area contributed by atoms with Gasteiger partial charge in [-0.25, -0.2) is 0 Å². The van der Waals surface area contributed by atoms with Crippen molar-refractivity contribution in [3.63, 3.8) is 0 Å². The number of carbonyl (C=O) groups excluding carboxylic acids is 2. The lowest BCUT2D eigenvalue weighted by Gasteiger charge is -2.39. The van der Waals surface area contributed by atoms with Crippen LogP contribution in [0.5, 0.6) is 0 Å². The van der Waals surface area contributed by atoms with Crippen LogP contribution in [0.1, 0.15) is 22.8 Å². The monoisotopic (exact) mass is 345 g/mol. The van der Waals surface area contributed by atoms with Crippen molar-refractivity contribution in [2.75, 3.05) is 52.5 Å². The second-order valence-electron chi connectivity index (χ2n) is 6.81. The fourth-order valence-electron chi connectivity index (χ4n) is 3.48. The van der Waals surface area contributed by atoms with Crippen molar-refractivity contribution >= 4 is 11.8 Å². The number of nitrogens with zero attached hydrogens (tertiary/aromatic N) is 3. The molecule has 0 N–H and O–H groups in total. The van der Waals surface area contributed by atoms with Gasteiger partial charge in [-0.1, -0.05) is 17.7 Å². The predicted octanol–water partition coefficient (Wildman–Crippen LogP) is 1.00. The van der Waals surface area contributed by atoms with E-state index in [0.717, 1.165) is 24.2 Å². The molecule has 6 nitrogen and oxygen atoms in total. The minimum atomic E-state index is -0.144. The molecule has 2 aliphatic rings. The Hall–Kier alpha value is -1.92. The van der Waals surface area contributed by atoms with Gasteiger partial charge in [0.25, 0.3) is 5.91 Å². The highest BCUT2D eigenvalue weighted by Gasteiger charge is 2.30. The van der Waals surface area contributed by atoms with Crippen LogP contribution in [-0.4, -0.2) is 85.0 Å². The molecule has 1 aromatic carbocycles. The van der Waals surface area contributed by atoms with E-state index >= 15 is 0 Å². The largest absolute Gasteiger partial charge is 0.378 e. The first kappa shape index (κ1) is 17.9. The molecule has 0 saturated carbocycles. The van der Waals surface area contributed by atoms with Gasteiger partial charge in [-0.2, -0.15) is 0 Å². The Balaban J connectivity index is 1.54. The van der Waals surface area contributed by atoms with Gasteiger partial charge >= 0.3 is 0 Å². The summed E-state index contributed by atoms with van der Waals surface area (Å²) in [5.74, 6) is 0.247. The van der Waals surface area contributed by atoms with Crippen molar-refractivity contribution in [1.29, 1.82) is 0 Å². The Kier molecular flexibility index (Phi) is 5.71. The molecule has 2 aliphatic heterocycles. The molecule has 0 unspecified atom stereocenters. The fourth-order valence-corrected chi connectivity index (χ4v) is 3.48. The van der Waals surface area contributed by atoms with Crippen LogP contribution >= 0.6 is 0 Å². The number of hydrogen-bond donors (Lipinski definition) is 0. The van der Waals surface area contributed by atoms with Crippen LogP contribution in [0.25, 0.3) is 0 Å². The smallest absolute Gasteiger partial charge is 0.253 e. The van der Waals surface area contributed by atoms with Crippen LogP contribution in [0.3, 0.4) is 0 Å². The van der Waals surface area contributed by atoms with Crippen molar-refractivity contribution in [3.8, 4) is 0 Å². The Morgan fingerprint density at radius 2 is 1.68 bits per heavy atom. The van der Waals surface area contributed by atoms with E-state index in [1.165, 1.54) is 0 Å². The van der Waals surface area contributed by atoms with Crippen molar-refractivity contribution in [1.82, 2.24) is 14.7 Å². The molecular formula is C19H27N3O3. The molecule has 6 heteroatoms. The van der Waals surface area contributed by atoms with E-state index in [1.807, 2.05) is 47.9 Å². The zero-order valence-corrected chi connectivity index (χ0v) is 15.1. The summed E-state index contributed by atoms with van der Waals surface area (Å²) in [7, 11) is 0. The summed E-state index contributed by atoms with van der Waals surface area (Å²) in [5.41, 5.74) is 1.83. The lowest BCUT2D eigenvalue weighted by atomic mass is 10.1. The van der Waals surface area contributed by atoms with Gasteiger partial charge < -0.3 is 14.5 Å². The van der Waals surface area contributed by atoms with Gasteiger partial charge in [0.1, 0.15) is 0 Å². The quantitative estimate of drug-likeness (QED) is 0.820. The molecule has 0 spiro atoms. The molecule has 136 valence electrons. The van der Waals surface area contributed by atoms with Crippen LogP contribution in [-0.2, 0) is 9.53 Å². The predicted molar refractivity (Wildman–Crippen MR) is 95.5 cm³/mol. The van der Waals surface area contributed by atoms with Gasteiger partial charge in [0.15, 0.2) is 0 Å². The number of amides is 2. The first-order valence-electron chi connectivity index (χ1n) is 9.03. The second kappa shape index (κ2) is 7.97. The molecule has 1 atom stereocenters. The number of carbonyl (C=O) groups is 2. The number of benzene rings is 1. The summed E-state index contributed by atoms with van der Waals surface area (Å²) in [6.45, 7) is 9.34. The number of aryl methyl sites for hydroxylation is 1. The van der Waals surface area contributed by atoms with Gasteiger partial charge in [-0.05, 0) is 26.0 Å². The van der Waals surface area contributed by atoms with E-state index in [4.69, 9.17) is 4.74 Å². The molecule has 2 amide bonds. The summed E-state index contributed by atoms with van der Waals surface area (Å²) >= 11 is 0. The van der Waals surface area contributed by atoms with E-state index in [2.05, 4.69) is 4.90 Å². The van der Waals surface area contributed by atoms with Crippen molar-refractivity contribution in [2.24, 2.45) is 0 Å². The first-order valence-corrected chi connectivity index (χ1v) is 9.03. The van der Waals surface area contributed by atoms with Gasteiger partial charge in [0.2, 0.25) is 5.91 Å². The minimum absolute atomic E-state index is 0.0792. The maximum atomic E-state index is 12.6. The van der Waals surface area contributed by atoms with Crippen LogP contribution in [0, 0.1) is 6.92 Å². The lowest BCUT2D eigenvalue weighted by molar-refractivity contribution is -0.141. The van der Waals surface area contributed by atoms with Gasteiger partial charge in [0.05, 0.1) is 19.3 Å². The van der Waals surface area contributed by atoms with Crippen molar-refractivity contribution < 1.29 is 14.3 Å². The van der Waals surface area contributed by atoms with Crippen molar-refractivity contribution in [3.05, 3.63) is 35.4 Å². The van der Waals surface area contributed by atoms with Crippen molar-refractivity contribution in [2.45, 2.75) is 19.9 Å². The van der Waals surface area contributed by atoms with Crippen LogP contribution in [0.15, 0.2) is 24.3 Å². The third kappa shape index (κ3) is 4.19. The van der Waals surface area contributed by atoms with Gasteiger partial charge in [0, 0.05) is 44.8 Å². The summed E-state index contributed by atoms with van der Waals surface area (Å²) in [6, 6.07) is 7.57. The normalized spacial score (nSPS) is 20.4. The molecule has 0 radical (unpaired) electrons. The average molecular weight is 345 g/mol. The first-order chi connectivity index (χ1) is 12.1. The highest BCUT2D eigenvalue weighted by molar-refractivity contribution is 5.94. The SMILES string of the molecule is Cc1cccc(C(=O)N2CCN([C@@H](C)C(=O)N3CCOCC3)CC2)c1. The third-order valence-corrected chi connectivity index (χ3v) is 5.09. The molecule has 2 saturated heterocycles. The Labute approximate surface area is 149 Å². The zero-order chi connectivity index (χ0) is 17.8. The lowest BCUT2D eigenvalue weighted by Crippen LogP contribution is -2.56. The Bertz CT molecular complexity index is 620. The van der Waals surface area contributed by atoms with Gasteiger partial charge in [-0.3, -0.25) is 14.5 Å². The fraction of sp³-hybridized carbons (Fsp3) is 0.579. The maximum Gasteiger partial charge on any atom is 0.253 e. The molecular weight excluding hydrogens is 318 g/mol. The standard InChI is InChI=1S/C19H27N3O3/c1-15-4-3-5-17(14-15)19(24)21-8-6-20(7-9-21)16(2)18(23)22-10-12-25-13-11-22/h3-5,14,16H,6-13H2,1-2H3/t16-/m0/s1. The van der Waals surface area contributed by atoms with E-state index in [9.17, 15) is 9.59 Å². The van der Waals surface area contributed by atoms with Crippen LogP contribution in [0.2, 0.25) is 0 Å². The molecule has 25 heavy (non-hydrogen) atoms. The van der Waals surface area contributed by atoms with E-state index in [0.29, 0.717) is 39.4 Å². The molecule has 1 aromatic rings. The minimum Gasteiger partial charge on any atom is -0.378 e. The third-order valence-electron chi connectivity index (χ3n) is 5.09. The molecule has 3 rings (SSSR count). The maximum absolute atomic E-state index is 12.6. The number of ether oxygens (including phenoxy) is 1. The Morgan fingerprint density at radius 1 is 1.00 bits per heavy atom. The van der Waals surface area contributed by atoms with Crippen LogP contribution < -0.4 is 0 Å². The molecule has 0 bridgehead atoms. The second-order valence-corrected chi connectivity index (χ2v) is 6.81. The topological polar surface area (TPSA) is 53.1 Å². The number of rotatable bonds is 3. The Morgan fingerprint density at radius 3 is 2.32 bits per heavy atom. The number of morpholine rings is 1. The summed E-state index contributed by atoms with van der Waals surface area (Å²) in [5, 5.41) is 0. The average Bonchev–Trinajstić information content (AvgIpc) is 2.67. The highest BCUT2D eigenvalue weighted by atomic mass is 16.5. The summed E-state index contributed by atoms with van der Waals surface area (Å²) in [6.07, 6.45) is 0. The van der Waals surface area contributed by atoms with E-state index in [1.54, 1.807) is 0 Å². The van der Waals surface area contributed by atoms with Gasteiger partial charge in [-0.15, -0.1) is 0 Å². The zero-order valence-electron chi connectivity index (χ0n) is 15.1. The highest BCUT2D eigenvalue weighted by Crippen LogP contribution is 2.14. The van der Waals surface area contributed by atoms with E-state index in [-0.39, 0.29) is 17.9 Å². The molecule has 2 fully saturated rings. The van der Waals surface area contributed by atoms with Crippen LogP contribution in [0.4, 0.5) is 0 Å². The number of piperazine rings is 1. The number of hydrogen-bond acceptors (Lipinski definition) is 4. The summed E-state index contributed by atoms with van der Waals surface area (Å²) in [4.78, 5) is 31.2. The molecule has 2 heterocycles. The molecule has 0 aliphatic carbocycles.